The first-order chi connectivity index (χ1) is 10.8. The number of nitrogens with zero attached hydrogens (tertiary/aromatic N) is 1. The molecule has 1 aromatic carbocycles. The van der Waals surface area contributed by atoms with Crippen LogP contribution in [0.25, 0.3) is 0 Å². The third-order valence-electron chi connectivity index (χ3n) is 3.69. The lowest BCUT2D eigenvalue weighted by atomic mass is 10.1. The summed E-state index contributed by atoms with van der Waals surface area (Å²) in [6.07, 6.45) is 3.73. The van der Waals surface area contributed by atoms with Crippen molar-refractivity contribution in [3.8, 4) is 0 Å². The Bertz CT molecular complexity index is 452. The number of aryl methyl sites for hydroxylation is 1. The molecule has 0 heterocycles. The molecule has 1 aliphatic rings. The highest BCUT2D eigenvalue weighted by Gasteiger charge is 2.20. The summed E-state index contributed by atoms with van der Waals surface area (Å²) in [6.45, 7) is 8.43. The van der Waals surface area contributed by atoms with Crippen LogP contribution < -0.4 is 10.6 Å². The molecule has 1 aromatic rings. The van der Waals surface area contributed by atoms with Crippen LogP contribution in [0.3, 0.4) is 0 Å². The van der Waals surface area contributed by atoms with Crippen LogP contribution in [0.5, 0.6) is 0 Å². The van der Waals surface area contributed by atoms with Gasteiger partial charge in [0.2, 0.25) is 0 Å². The van der Waals surface area contributed by atoms with E-state index in [2.05, 4.69) is 53.7 Å². The second-order valence-electron chi connectivity index (χ2n) is 5.98. The topological polar surface area (TPSA) is 45.7 Å². The minimum absolute atomic E-state index is 0.702. The average molecular weight is 303 g/mol. The van der Waals surface area contributed by atoms with Crippen LogP contribution in [-0.2, 0) is 11.3 Å². The molecule has 0 aliphatic heterocycles. The van der Waals surface area contributed by atoms with Crippen molar-refractivity contribution in [2.24, 2.45) is 10.9 Å². The number of rotatable bonds is 9. The summed E-state index contributed by atoms with van der Waals surface area (Å²) in [6, 6.07) is 8.52. The summed E-state index contributed by atoms with van der Waals surface area (Å²) in [7, 11) is 0. The molecule has 22 heavy (non-hydrogen) atoms. The van der Waals surface area contributed by atoms with Crippen LogP contribution >= 0.6 is 0 Å². The number of benzene rings is 1. The van der Waals surface area contributed by atoms with Crippen LogP contribution in [0.1, 0.15) is 37.3 Å². The van der Waals surface area contributed by atoms with Gasteiger partial charge in [0, 0.05) is 26.3 Å². The number of nitrogens with one attached hydrogen (secondary N) is 2. The minimum atomic E-state index is 0.702. The molecule has 4 heteroatoms. The van der Waals surface area contributed by atoms with Crippen molar-refractivity contribution in [2.45, 2.75) is 39.7 Å². The fourth-order valence-electron chi connectivity index (χ4n) is 2.12. The van der Waals surface area contributed by atoms with E-state index in [1.165, 1.54) is 24.0 Å². The lowest BCUT2D eigenvalue weighted by Crippen LogP contribution is -2.38. The third-order valence-corrected chi connectivity index (χ3v) is 3.69. The monoisotopic (exact) mass is 303 g/mol. The predicted octanol–water partition coefficient (Wildman–Crippen LogP) is 2.87. The molecule has 1 aliphatic carbocycles. The van der Waals surface area contributed by atoms with E-state index in [9.17, 15) is 0 Å². The van der Waals surface area contributed by atoms with Crippen LogP contribution in [0.2, 0.25) is 0 Å². The van der Waals surface area contributed by atoms with Crippen molar-refractivity contribution < 1.29 is 4.74 Å². The van der Waals surface area contributed by atoms with E-state index in [0.29, 0.717) is 6.54 Å². The van der Waals surface area contributed by atoms with E-state index in [1.54, 1.807) is 0 Å². The summed E-state index contributed by atoms with van der Waals surface area (Å²) in [4.78, 5) is 4.62. The van der Waals surface area contributed by atoms with E-state index in [4.69, 9.17) is 4.74 Å². The number of guanidine groups is 1. The maximum atomic E-state index is 5.64. The van der Waals surface area contributed by atoms with Gasteiger partial charge < -0.3 is 15.4 Å². The first kappa shape index (κ1) is 16.8. The smallest absolute Gasteiger partial charge is 0.191 e. The van der Waals surface area contributed by atoms with Crippen molar-refractivity contribution in [3.63, 3.8) is 0 Å². The fraction of sp³-hybridized carbons (Fsp3) is 0.611. The molecule has 4 nitrogen and oxygen atoms in total. The van der Waals surface area contributed by atoms with E-state index in [1.807, 2.05) is 0 Å². The van der Waals surface area contributed by atoms with Crippen molar-refractivity contribution >= 4 is 5.96 Å². The van der Waals surface area contributed by atoms with Gasteiger partial charge in [-0.05, 0) is 44.6 Å². The zero-order chi connectivity index (χ0) is 15.6. The molecule has 1 fully saturated rings. The van der Waals surface area contributed by atoms with Gasteiger partial charge in [0.25, 0.3) is 0 Å². The Balaban J connectivity index is 1.65. The van der Waals surface area contributed by atoms with Gasteiger partial charge in [-0.3, -0.25) is 0 Å². The number of hydrogen-bond acceptors (Lipinski definition) is 2. The molecular formula is C18H29N3O. The molecule has 0 saturated heterocycles. The molecule has 0 aromatic heterocycles. The van der Waals surface area contributed by atoms with Gasteiger partial charge >= 0.3 is 0 Å². The average Bonchev–Trinajstić information content (AvgIpc) is 3.34. The second-order valence-corrected chi connectivity index (χ2v) is 5.98. The standard InChI is InChI=1S/C18H29N3O/c1-3-19-18(20-11-4-12-22-14-17-9-10-17)21-13-16-7-5-15(2)6-8-16/h5-8,17H,3-4,9-14H2,1-2H3,(H2,19,20,21). The third kappa shape index (κ3) is 6.94. The largest absolute Gasteiger partial charge is 0.381 e. The molecule has 0 unspecified atom stereocenters. The molecule has 1 saturated carbocycles. The summed E-state index contributed by atoms with van der Waals surface area (Å²) >= 11 is 0. The maximum absolute atomic E-state index is 5.64. The van der Waals surface area contributed by atoms with Gasteiger partial charge in [0.05, 0.1) is 6.54 Å². The van der Waals surface area contributed by atoms with Crippen LogP contribution in [0.4, 0.5) is 0 Å². The van der Waals surface area contributed by atoms with Crippen molar-refractivity contribution in [1.29, 1.82) is 0 Å². The Labute approximate surface area is 134 Å². The highest BCUT2D eigenvalue weighted by Crippen LogP contribution is 2.28. The fourth-order valence-corrected chi connectivity index (χ4v) is 2.12. The number of aliphatic imine (C=N–C) groups is 1. The van der Waals surface area contributed by atoms with Gasteiger partial charge in [0.1, 0.15) is 0 Å². The van der Waals surface area contributed by atoms with E-state index < -0.39 is 0 Å². The Morgan fingerprint density at radius 2 is 2.00 bits per heavy atom. The first-order valence-corrected chi connectivity index (χ1v) is 8.43. The minimum Gasteiger partial charge on any atom is -0.381 e. The normalized spacial score (nSPS) is 14.9. The summed E-state index contributed by atoms with van der Waals surface area (Å²) < 4.78 is 5.64. The Morgan fingerprint density at radius 3 is 2.68 bits per heavy atom. The van der Waals surface area contributed by atoms with Gasteiger partial charge in [-0.2, -0.15) is 0 Å². The summed E-state index contributed by atoms with van der Waals surface area (Å²) in [5.41, 5.74) is 2.51. The quantitative estimate of drug-likeness (QED) is 0.419. The molecule has 2 rings (SSSR count). The molecule has 0 atom stereocenters. The molecule has 0 spiro atoms. The second kappa shape index (κ2) is 9.46. The lowest BCUT2D eigenvalue weighted by Gasteiger charge is -2.11. The van der Waals surface area contributed by atoms with E-state index in [0.717, 1.165) is 44.6 Å². The summed E-state index contributed by atoms with van der Waals surface area (Å²) in [5.74, 6) is 1.73. The van der Waals surface area contributed by atoms with Gasteiger partial charge in [-0.15, -0.1) is 0 Å². The molecule has 0 radical (unpaired) electrons. The van der Waals surface area contributed by atoms with Crippen molar-refractivity contribution in [2.75, 3.05) is 26.3 Å². The highest BCUT2D eigenvalue weighted by molar-refractivity contribution is 5.79. The van der Waals surface area contributed by atoms with Gasteiger partial charge in [-0.25, -0.2) is 4.99 Å². The van der Waals surface area contributed by atoms with E-state index in [-0.39, 0.29) is 0 Å². The van der Waals surface area contributed by atoms with Crippen molar-refractivity contribution in [1.82, 2.24) is 10.6 Å². The SMILES string of the molecule is CCNC(=NCc1ccc(C)cc1)NCCCOCC1CC1. The van der Waals surface area contributed by atoms with Crippen LogP contribution in [0.15, 0.2) is 29.3 Å². The maximum Gasteiger partial charge on any atom is 0.191 e. The zero-order valence-electron chi connectivity index (χ0n) is 13.9. The van der Waals surface area contributed by atoms with Gasteiger partial charge in [-0.1, -0.05) is 29.8 Å². The van der Waals surface area contributed by atoms with Crippen LogP contribution in [-0.4, -0.2) is 32.3 Å². The Morgan fingerprint density at radius 1 is 1.23 bits per heavy atom. The molecule has 0 amide bonds. The number of ether oxygens (including phenoxy) is 1. The zero-order valence-corrected chi connectivity index (χ0v) is 13.9. The van der Waals surface area contributed by atoms with E-state index >= 15 is 0 Å². The summed E-state index contributed by atoms with van der Waals surface area (Å²) in [5, 5.41) is 6.65. The molecule has 2 N–H and O–H groups in total. The lowest BCUT2D eigenvalue weighted by molar-refractivity contribution is 0.123. The molecule has 122 valence electrons. The van der Waals surface area contributed by atoms with Gasteiger partial charge in [0.15, 0.2) is 5.96 Å². The Kier molecular flexibility index (Phi) is 7.23. The Hall–Kier alpha value is -1.55. The molecule has 0 bridgehead atoms. The number of hydrogen-bond donors (Lipinski definition) is 2. The molecular weight excluding hydrogens is 274 g/mol. The predicted molar refractivity (Wildman–Crippen MR) is 92.2 cm³/mol. The van der Waals surface area contributed by atoms with Crippen LogP contribution in [0, 0.1) is 12.8 Å². The van der Waals surface area contributed by atoms with Crippen molar-refractivity contribution in [3.05, 3.63) is 35.4 Å². The highest BCUT2D eigenvalue weighted by atomic mass is 16.5. The first-order valence-electron chi connectivity index (χ1n) is 8.43.